The van der Waals surface area contributed by atoms with E-state index in [1.807, 2.05) is 0 Å². The molecule has 1 aromatic rings. The van der Waals surface area contributed by atoms with Crippen molar-refractivity contribution in [1.29, 1.82) is 0 Å². The van der Waals surface area contributed by atoms with Gasteiger partial charge in [-0.3, -0.25) is 14.5 Å². The molecular formula is C14H14F2N2O2S. The van der Waals surface area contributed by atoms with E-state index in [-0.39, 0.29) is 16.1 Å². The summed E-state index contributed by atoms with van der Waals surface area (Å²) in [6.07, 6.45) is 0.657. The van der Waals surface area contributed by atoms with Crippen molar-refractivity contribution in [1.82, 2.24) is 4.90 Å². The molecule has 1 aliphatic heterocycles. The van der Waals surface area contributed by atoms with Gasteiger partial charge in [-0.05, 0) is 25.0 Å². The molecule has 0 aromatic heterocycles. The first kappa shape index (κ1) is 15.5. The number of nitrogens with two attached hydrogens (primary N) is 1. The van der Waals surface area contributed by atoms with Crippen LogP contribution in [0.15, 0.2) is 12.1 Å². The molecule has 0 saturated carbocycles. The molecule has 7 heteroatoms. The lowest BCUT2D eigenvalue weighted by Gasteiger charge is -2.38. The summed E-state index contributed by atoms with van der Waals surface area (Å²) < 4.78 is 26.6. The standard InChI is InChI=1S/C14H14F2N2O2S/c1-3-14(4-2,13(17)21)18-11(19)7-5-9(15)10(16)6-8(7)12(18)20/h5-6H,3-4H2,1-2H3,(H2,17,21). The number of fused-ring (bicyclic) bond motifs is 1. The Morgan fingerprint density at radius 2 is 1.52 bits per heavy atom. The summed E-state index contributed by atoms with van der Waals surface area (Å²) in [5, 5.41) is 0. The number of hydrogen-bond acceptors (Lipinski definition) is 3. The lowest BCUT2D eigenvalue weighted by atomic mass is 9.90. The van der Waals surface area contributed by atoms with E-state index in [0.29, 0.717) is 12.8 Å². The van der Waals surface area contributed by atoms with Gasteiger partial charge in [-0.1, -0.05) is 26.1 Å². The first-order valence-electron chi connectivity index (χ1n) is 6.48. The summed E-state index contributed by atoms with van der Waals surface area (Å²) in [6, 6.07) is 1.47. The minimum atomic E-state index is -1.18. The van der Waals surface area contributed by atoms with Crippen LogP contribution in [0.5, 0.6) is 0 Å². The molecule has 0 bridgehead atoms. The van der Waals surface area contributed by atoms with E-state index in [2.05, 4.69) is 0 Å². The number of benzene rings is 1. The zero-order valence-corrected chi connectivity index (χ0v) is 12.4. The van der Waals surface area contributed by atoms with Gasteiger partial charge in [-0.25, -0.2) is 8.78 Å². The molecule has 0 radical (unpaired) electrons. The second-order valence-electron chi connectivity index (χ2n) is 4.86. The number of thiocarbonyl (C=S) groups is 1. The van der Waals surface area contributed by atoms with Crippen molar-refractivity contribution < 1.29 is 18.4 Å². The molecule has 0 aliphatic carbocycles. The van der Waals surface area contributed by atoms with Gasteiger partial charge in [-0.2, -0.15) is 0 Å². The molecule has 2 rings (SSSR count). The SMILES string of the molecule is CCC(CC)(C(N)=S)N1C(=O)c2cc(F)c(F)cc2C1=O. The van der Waals surface area contributed by atoms with Gasteiger partial charge in [0.2, 0.25) is 0 Å². The van der Waals surface area contributed by atoms with Crippen molar-refractivity contribution in [3.05, 3.63) is 34.9 Å². The minimum absolute atomic E-state index is 0.00273. The number of amides is 2. The number of hydrogen-bond donors (Lipinski definition) is 1. The van der Waals surface area contributed by atoms with Crippen molar-refractivity contribution in [3.63, 3.8) is 0 Å². The molecule has 21 heavy (non-hydrogen) atoms. The van der Waals surface area contributed by atoms with Crippen LogP contribution < -0.4 is 5.73 Å². The summed E-state index contributed by atoms with van der Waals surface area (Å²) in [6.45, 7) is 3.49. The predicted molar refractivity (Wildman–Crippen MR) is 77.0 cm³/mol. The maximum absolute atomic E-state index is 13.3. The van der Waals surface area contributed by atoms with Gasteiger partial charge < -0.3 is 5.73 Å². The quantitative estimate of drug-likeness (QED) is 0.685. The summed E-state index contributed by atoms with van der Waals surface area (Å²) >= 11 is 5.02. The lowest BCUT2D eigenvalue weighted by Crippen LogP contribution is -2.58. The third kappa shape index (κ3) is 2.03. The van der Waals surface area contributed by atoms with Crippen molar-refractivity contribution >= 4 is 29.0 Å². The minimum Gasteiger partial charge on any atom is -0.391 e. The summed E-state index contributed by atoms with van der Waals surface area (Å²) in [4.78, 5) is 25.8. The molecule has 0 unspecified atom stereocenters. The second-order valence-corrected chi connectivity index (χ2v) is 5.30. The van der Waals surface area contributed by atoms with Gasteiger partial charge in [0.05, 0.1) is 16.1 Å². The van der Waals surface area contributed by atoms with Crippen molar-refractivity contribution in [2.45, 2.75) is 32.2 Å². The fraction of sp³-hybridized carbons (Fsp3) is 0.357. The summed E-state index contributed by atoms with van der Waals surface area (Å²) in [5.74, 6) is -3.76. The van der Waals surface area contributed by atoms with E-state index >= 15 is 0 Å². The van der Waals surface area contributed by atoms with Gasteiger partial charge in [-0.15, -0.1) is 0 Å². The normalized spacial score (nSPS) is 14.6. The highest BCUT2D eigenvalue weighted by atomic mass is 32.1. The van der Waals surface area contributed by atoms with E-state index in [9.17, 15) is 18.4 Å². The molecule has 0 fully saturated rings. The van der Waals surface area contributed by atoms with E-state index in [1.165, 1.54) is 0 Å². The Morgan fingerprint density at radius 3 is 1.81 bits per heavy atom. The molecule has 1 aliphatic rings. The van der Waals surface area contributed by atoms with Crippen LogP contribution in [0, 0.1) is 11.6 Å². The lowest BCUT2D eigenvalue weighted by molar-refractivity contribution is 0.0512. The molecule has 112 valence electrons. The van der Waals surface area contributed by atoms with Crippen LogP contribution in [0.4, 0.5) is 8.78 Å². The molecule has 0 saturated heterocycles. The largest absolute Gasteiger partial charge is 0.391 e. The fourth-order valence-electron chi connectivity index (χ4n) is 2.65. The van der Waals surface area contributed by atoms with Crippen LogP contribution in [-0.2, 0) is 0 Å². The van der Waals surface area contributed by atoms with Crippen LogP contribution in [0.2, 0.25) is 0 Å². The Hall–Kier alpha value is -1.89. The Labute approximate surface area is 125 Å². The van der Waals surface area contributed by atoms with Gasteiger partial charge in [0, 0.05) is 0 Å². The Morgan fingerprint density at radius 1 is 1.14 bits per heavy atom. The molecule has 0 spiro atoms. The zero-order chi connectivity index (χ0) is 15.9. The summed E-state index contributed by atoms with van der Waals surface area (Å²) in [5.41, 5.74) is 4.27. The number of carbonyl (C=O) groups is 2. The average Bonchev–Trinajstić information content (AvgIpc) is 2.67. The second kappa shape index (κ2) is 5.14. The van der Waals surface area contributed by atoms with Gasteiger partial charge in [0.1, 0.15) is 5.54 Å². The third-order valence-corrected chi connectivity index (χ3v) is 4.36. The van der Waals surface area contributed by atoms with E-state index < -0.39 is 29.0 Å². The molecular weight excluding hydrogens is 298 g/mol. The molecule has 2 N–H and O–H groups in total. The zero-order valence-electron chi connectivity index (χ0n) is 11.6. The maximum Gasteiger partial charge on any atom is 0.262 e. The highest BCUT2D eigenvalue weighted by Crippen LogP contribution is 2.34. The van der Waals surface area contributed by atoms with Gasteiger partial charge in [0.25, 0.3) is 11.8 Å². The number of halogens is 2. The molecule has 1 heterocycles. The highest BCUT2D eigenvalue weighted by molar-refractivity contribution is 7.80. The maximum atomic E-state index is 13.3. The topological polar surface area (TPSA) is 63.4 Å². The monoisotopic (exact) mass is 312 g/mol. The van der Waals surface area contributed by atoms with Crippen molar-refractivity contribution in [2.24, 2.45) is 5.73 Å². The first-order chi connectivity index (χ1) is 9.80. The van der Waals surface area contributed by atoms with Crippen LogP contribution in [0.3, 0.4) is 0 Å². The van der Waals surface area contributed by atoms with Gasteiger partial charge in [0.15, 0.2) is 11.6 Å². The smallest absolute Gasteiger partial charge is 0.262 e. The third-order valence-electron chi connectivity index (χ3n) is 3.98. The van der Waals surface area contributed by atoms with Crippen molar-refractivity contribution in [3.8, 4) is 0 Å². The molecule has 0 atom stereocenters. The van der Waals surface area contributed by atoms with Crippen LogP contribution in [0.1, 0.15) is 47.4 Å². The fourth-order valence-corrected chi connectivity index (χ4v) is 3.03. The Kier molecular flexibility index (Phi) is 3.79. The van der Waals surface area contributed by atoms with E-state index in [0.717, 1.165) is 17.0 Å². The number of nitrogens with zero attached hydrogens (tertiary/aromatic N) is 1. The highest BCUT2D eigenvalue weighted by Gasteiger charge is 2.49. The van der Waals surface area contributed by atoms with E-state index in [4.69, 9.17) is 18.0 Å². The summed E-state index contributed by atoms with van der Waals surface area (Å²) in [7, 11) is 0. The van der Waals surface area contributed by atoms with E-state index in [1.54, 1.807) is 13.8 Å². The predicted octanol–water partition coefficient (Wildman–Crippen LogP) is 2.41. The van der Waals surface area contributed by atoms with Gasteiger partial charge >= 0.3 is 0 Å². The van der Waals surface area contributed by atoms with Crippen LogP contribution >= 0.6 is 12.2 Å². The Bertz CT molecular complexity index is 616. The number of carbonyl (C=O) groups excluding carboxylic acids is 2. The average molecular weight is 312 g/mol. The molecule has 4 nitrogen and oxygen atoms in total. The molecule has 1 aromatic carbocycles. The van der Waals surface area contributed by atoms with Crippen LogP contribution in [0.25, 0.3) is 0 Å². The first-order valence-corrected chi connectivity index (χ1v) is 6.88. The van der Waals surface area contributed by atoms with Crippen molar-refractivity contribution in [2.75, 3.05) is 0 Å². The number of imide groups is 1. The molecule has 2 amide bonds. The Balaban J connectivity index is 2.63. The van der Waals surface area contributed by atoms with Crippen LogP contribution in [-0.4, -0.2) is 27.2 Å². The number of rotatable bonds is 4.